The number of nitrogens with zero attached hydrogens (tertiary/aromatic N) is 2. The second-order valence-electron chi connectivity index (χ2n) is 4.54. The van der Waals surface area contributed by atoms with Crippen LogP contribution in [0.1, 0.15) is 18.4 Å². The van der Waals surface area contributed by atoms with E-state index in [1.54, 1.807) is 6.07 Å². The van der Waals surface area contributed by atoms with Crippen molar-refractivity contribution in [2.24, 2.45) is 4.99 Å². The van der Waals surface area contributed by atoms with Gasteiger partial charge in [0.1, 0.15) is 11.9 Å². The van der Waals surface area contributed by atoms with Gasteiger partial charge in [-0.3, -0.25) is 4.99 Å². The molecule has 1 heterocycles. The fraction of sp³-hybridized carbons (Fsp3) is 0.250. The third-order valence-corrected chi connectivity index (χ3v) is 3.14. The van der Waals surface area contributed by atoms with Crippen LogP contribution in [0, 0.1) is 17.1 Å². The standard InChI is InChI=1S/C16H15FN2/c1-12(10-18)16-9-13(11-19-16)5-4-7-14-6-2-3-8-15(14)17/h2-3,6,8-9H,1,4-5,7,11H2. The van der Waals surface area contributed by atoms with Gasteiger partial charge in [0.05, 0.1) is 17.8 Å². The van der Waals surface area contributed by atoms with Gasteiger partial charge in [-0.15, -0.1) is 0 Å². The van der Waals surface area contributed by atoms with Crippen LogP contribution in [-0.4, -0.2) is 12.3 Å². The van der Waals surface area contributed by atoms with Gasteiger partial charge in [0, 0.05) is 0 Å². The number of rotatable bonds is 5. The summed E-state index contributed by atoms with van der Waals surface area (Å²) < 4.78 is 13.4. The smallest absolute Gasteiger partial charge is 0.126 e. The zero-order valence-corrected chi connectivity index (χ0v) is 10.7. The first-order chi connectivity index (χ1) is 9.20. The molecule has 0 saturated carbocycles. The topological polar surface area (TPSA) is 36.1 Å². The van der Waals surface area contributed by atoms with E-state index in [0.717, 1.165) is 24.8 Å². The molecule has 0 unspecified atom stereocenters. The number of nitriles is 1. The van der Waals surface area contributed by atoms with Crippen LogP contribution in [-0.2, 0) is 6.42 Å². The predicted molar refractivity (Wildman–Crippen MR) is 74.5 cm³/mol. The first-order valence-corrected chi connectivity index (χ1v) is 6.27. The number of benzene rings is 1. The Balaban J connectivity index is 1.84. The molecule has 1 aliphatic rings. The second kappa shape index (κ2) is 6.10. The van der Waals surface area contributed by atoms with Gasteiger partial charge in [-0.05, 0) is 42.5 Å². The van der Waals surface area contributed by atoms with E-state index in [2.05, 4.69) is 11.6 Å². The van der Waals surface area contributed by atoms with Crippen molar-refractivity contribution in [1.82, 2.24) is 0 Å². The molecule has 3 heteroatoms. The number of aryl methyl sites for hydroxylation is 1. The van der Waals surface area contributed by atoms with Gasteiger partial charge < -0.3 is 0 Å². The van der Waals surface area contributed by atoms with Gasteiger partial charge in [0.2, 0.25) is 0 Å². The number of allylic oxidation sites excluding steroid dienone is 2. The Bertz CT molecular complexity index is 591. The maximum Gasteiger partial charge on any atom is 0.126 e. The average Bonchev–Trinajstić information content (AvgIpc) is 2.89. The van der Waals surface area contributed by atoms with E-state index in [0.29, 0.717) is 17.8 Å². The van der Waals surface area contributed by atoms with Crippen molar-refractivity contribution in [2.45, 2.75) is 19.3 Å². The van der Waals surface area contributed by atoms with Gasteiger partial charge >= 0.3 is 0 Å². The minimum atomic E-state index is -0.141. The van der Waals surface area contributed by atoms with Crippen molar-refractivity contribution in [2.75, 3.05) is 6.54 Å². The van der Waals surface area contributed by atoms with E-state index in [1.807, 2.05) is 24.3 Å². The van der Waals surface area contributed by atoms with Crippen LogP contribution in [0.3, 0.4) is 0 Å². The van der Waals surface area contributed by atoms with Crippen LogP contribution < -0.4 is 0 Å². The van der Waals surface area contributed by atoms with Crippen LogP contribution in [0.2, 0.25) is 0 Å². The van der Waals surface area contributed by atoms with Gasteiger partial charge in [0.15, 0.2) is 0 Å². The lowest BCUT2D eigenvalue weighted by Crippen LogP contribution is -1.93. The molecule has 0 radical (unpaired) electrons. The highest BCUT2D eigenvalue weighted by Crippen LogP contribution is 2.17. The van der Waals surface area contributed by atoms with Gasteiger partial charge in [-0.2, -0.15) is 5.26 Å². The molecule has 19 heavy (non-hydrogen) atoms. The van der Waals surface area contributed by atoms with Crippen LogP contribution >= 0.6 is 0 Å². The lowest BCUT2D eigenvalue weighted by molar-refractivity contribution is 0.604. The molecule has 0 spiro atoms. The summed E-state index contributed by atoms with van der Waals surface area (Å²) in [7, 11) is 0. The summed E-state index contributed by atoms with van der Waals surface area (Å²) in [6.07, 6.45) is 4.40. The summed E-state index contributed by atoms with van der Waals surface area (Å²) in [6.45, 7) is 4.28. The van der Waals surface area contributed by atoms with Crippen LogP contribution in [0.5, 0.6) is 0 Å². The van der Waals surface area contributed by atoms with Gasteiger partial charge in [-0.1, -0.05) is 24.8 Å². The molecule has 0 amide bonds. The SMILES string of the molecule is C=C(C#N)C1=NCC(CCCc2ccccc2F)=C1. The molecule has 1 aliphatic heterocycles. The summed E-state index contributed by atoms with van der Waals surface area (Å²) in [6, 6.07) is 8.86. The van der Waals surface area contributed by atoms with Crippen molar-refractivity contribution >= 4 is 5.71 Å². The predicted octanol–water partition coefficient (Wildman–Crippen LogP) is 3.61. The molecule has 0 aliphatic carbocycles. The third kappa shape index (κ3) is 3.38. The molecule has 0 aromatic heterocycles. The highest BCUT2D eigenvalue weighted by molar-refractivity contribution is 6.12. The molecule has 1 aromatic rings. The molecule has 0 N–H and O–H groups in total. The Morgan fingerprint density at radius 2 is 2.16 bits per heavy atom. The molecular weight excluding hydrogens is 239 g/mol. The highest BCUT2D eigenvalue weighted by atomic mass is 19.1. The second-order valence-corrected chi connectivity index (χ2v) is 4.54. The first kappa shape index (κ1) is 13.2. The normalized spacial score (nSPS) is 13.7. The van der Waals surface area contributed by atoms with E-state index < -0.39 is 0 Å². The molecular formula is C16H15FN2. The molecule has 0 bridgehead atoms. The Morgan fingerprint density at radius 3 is 2.89 bits per heavy atom. The van der Waals surface area contributed by atoms with Crippen LogP contribution in [0.15, 0.2) is 53.1 Å². The summed E-state index contributed by atoms with van der Waals surface area (Å²) in [5.74, 6) is -0.141. The molecule has 0 fully saturated rings. The minimum Gasteiger partial charge on any atom is -0.280 e. The third-order valence-electron chi connectivity index (χ3n) is 3.14. The minimum absolute atomic E-state index is 0.141. The van der Waals surface area contributed by atoms with Gasteiger partial charge in [-0.25, -0.2) is 4.39 Å². The van der Waals surface area contributed by atoms with Crippen molar-refractivity contribution in [3.8, 4) is 6.07 Å². The summed E-state index contributed by atoms with van der Waals surface area (Å²) in [4.78, 5) is 4.26. The highest BCUT2D eigenvalue weighted by Gasteiger charge is 2.10. The van der Waals surface area contributed by atoms with Crippen LogP contribution in [0.25, 0.3) is 0 Å². The molecule has 2 nitrogen and oxygen atoms in total. The monoisotopic (exact) mass is 254 g/mol. The Morgan fingerprint density at radius 1 is 1.37 bits per heavy atom. The molecule has 96 valence electrons. The average molecular weight is 254 g/mol. The largest absolute Gasteiger partial charge is 0.280 e. The lowest BCUT2D eigenvalue weighted by Gasteiger charge is -2.03. The molecule has 0 atom stereocenters. The van der Waals surface area contributed by atoms with Gasteiger partial charge in [0.25, 0.3) is 0 Å². The Hall–Kier alpha value is -2.21. The zero-order valence-electron chi connectivity index (χ0n) is 10.7. The first-order valence-electron chi connectivity index (χ1n) is 6.27. The number of hydrogen-bond donors (Lipinski definition) is 0. The number of aliphatic imine (C=N–C) groups is 1. The number of halogens is 1. The quantitative estimate of drug-likeness (QED) is 0.739. The van der Waals surface area contributed by atoms with Crippen molar-refractivity contribution in [1.29, 1.82) is 5.26 Å². The van der Waals surface area contributed by atoms with Crippen molar-refractivity contribution in [3.63, 3.8) is 0 Å². The van der Waals surface area contributed by atoms with E-state index in [1.165, 1.54) is 11.6 Å². The Labute approximate surface area is 112 Å². The van der Waals surface area contributed by atoms with Crippen molar-refractivity contribution < 1.29 is 4.39 Å². The molecule has 0 saturated heterocycles. The van der Waals surface area contributed by atoms with Crippen molar-refractivity contribution in [3.05, 3.63) is 59.4 Å². The summed E-state index contributed by atoms with van der Waals surface area (Å²) in [5.41, 5.74) is 3.03. The van der Waals surface area contributed by atoms with E-state index in [-0.39, 0.29) is 5.82 Å². The maximum absolute atomic E-state index is 13.4. The zero-order chi connectivity index (χ0) is 13.7. The molecule has 1 aromatic carbocycles. The van der Waals surface area contributed by atoms with E-state index >= 15 is 0 Å². The van der Waals surface area contributed by atoms with Crippen LogP contribution in [0.4, 0.5) is 4.39 Å². The summed E-state index contributed by atoms with van der Waals surface area (Å²) in [5, 5.41) is 8.74. The Kier molecular flexibility index (Phi) is 4.25. The maximum atomic E-state index is 13.4. The lowest BCUT2D eigenvalue weighted by atomic mass is 10.0. The van der Waals surface area contributed by atoms with E-state index in [4.69, 9.17) is 5.26 Å². The summed E-state index contributed by atoms with van der Waals surface area (Å²) >= 11 is 0. The van der Waals surface area contributed by atoms with E-state index in [9.17, 15) is 4.39 Å². The fourth-order valence-electron chi connectivity index (χ4n) is 2.07. The fourth-order valence-corrected chi connectivity index (χ4v) is 2.07. The number of hydrogen-bond acceptors (Lipinski definition) is 2. The molecule has 2 rings (SSSR count).